The molecule has 0 radical (unpaired) electrons. The Kier molecular flexibility index (Phi) is 4.87. The van der Waals surface area contributed by atoms with E-state index in [1.165, 1.54) is 27.9 Å². The van der Waals surface area contributed by atoms with Crippen molar-refractivity contribution in [2.45, 2.75) is 19.5 Å². The van der Waals surface area contributed by atoms with Crippen LogP contribution >= 0.6 is 0 Å². The Bertz CT molecular complexity index is 1650. The summed E-state index contributed by atoms with van der Waals surface area (Å²) in [6.45, 7) is 1.95. The molecular weight excluding hydrogens is 444 g/mol. The smallest absolute Gasteiger partial charge is 0.140 e. The largest absolute Gasteiger partial charge is 0.327 e. The third-order valence-electron chi connectivity index (χ3n) is 6.87. The van der Waals surface area contributed by atoms with E-state index in [0.717, 1.165) is 42.5 Å². The highest BCUT2D eigenvalue weighted by Crippen LogP contribution is 2.29. The van der Waals surface area contributed by atoms with Crippen molar-refractivity contribution < 1.29 is 0 Å². The van der Waals surface area contributed by atoms with Gasteiger partial charge in [0.25, 0.3) is 0 Å². The second kappa shape index (κ2) is 8.50. The Morgan fingerprint density at radius 3 is 2.53 bits per heavy atom. The normalized spacial score (nSPS) is 13.1. The fraction of sp³-hybridized carbons (Fsp3) is 0.100. The van der Waals surface area contributed by atoms with E-state index in [1.54, 1.807) is 0 Å². The van der Waals surface area contributed by atoms with Gasteiger partial charge in [0.05, 0.1) is 16.7 Å². The van der Waals surface area contributed by atoms with Gasteiger partial charge in [-0.05, 0) is 35.4 Å². The highest BCUT2D eigenvalue weighted by molar-refractivity contribution is 5.78. The number of para-hydroxylation sites is 3. The molecule has 0 N–H and O–H groups in total. The molecule has 6 heterocycles. The average molecular weight is 469 g/mol. The first-order chi connectivity index (χ1) is 17.8. The first-order valence-electron chi connectivity index (χ1n) is 12.2. The van der Waals surface area contributed by atoms with E-state index < -0.39 is 0 Å². The van der Waals surface area contributed by atoms with Gasteiger partial charge >= 0.3 is 0 Å². The van der Waals surface area contributed by atoms with Crippen molar-refractivity contribution in [3.05, 3.63) is 126 Å². The van der Waals surface area contributed by atoms with Crippen LogP contribution in [0.4, 0.5) is 0 Å². The fourth-order valence-electron chi connectivity index (χ4n) is 5.17. The molecule has 3 aromatic carbocycles. The first kappa shape index (κ1) is 20.6. The predicted octanol–water partition coefficient (Wildman–Crippen LogP) is 5.75. The van der Waals surface area contributed by atoms with Gasteiger partial charge in [0, 0.05) is 49.9 Å². The molecule has 3 aromatic heterocycles. The van der Waals surface area contributed by atoms with Gasteiger partial charge in [-0.25, -0.2) is 15.0 Å². The minimum absolute atomic E-state index is 0.968. The number of fused-ring (bicyclic) bond motifs is 9. The van der Waals surface area contributed by atoms with Gasteiger partial charge in [-0.3, -0.25) is 0 Å². The van der Waals surface area contributed by atoms with Gasteiger partial charge < -0.3 is 13.7 Å². The molecule has 0 fully saturated rings. The number of rotatable bonds is 0. The topological polar surface area (TPSA) is 53.5 Å². The predicted molar refractivity (Wildman–Crippen MR) is 142 cm³/mol. The Morgan fingerprint density at radius 1 is 0.750 bits per heavy atom. The van der Waals surface area contributed by atoms with Gasteiger partial charge in [-0.15, -0.1) is 0 Å². The summed E-state index contributed by atoms with van der Waals surface area (Å²) < 4.78 is 6.54. The van der Waals surface area contributed by atoms with E-state index in [-0.39, 0.29) is 0 Å². The summed E-state index contributed by atoms with van der Waals surface area (Å²) in [7, 11) is 0. The molecule has 0 saturated carbocycles. The maximum Gasteiger partial charge on any atom is 0.140 e. The summed E-state index contributed by atoms with van der Waals surface area (Å²) in [5.41, 5.74) is 7.64. The highest BCUT2D eigenvalue weighted by atomic mass is 15.1. The van der Waals surface area contributed by atoms with E-state index in [1.807, 2.05) is 30.9 Å². The molecule has 0 spiro atoms. The van der Waals surface area contributed by atoms with Crippen LogP contribution < -0.4 is 0 Å². The van der Waals surface area contributed by atoms with E-state index in [0.29, 0.717) is 0 Å². The van der Waals surface area contributed by atoms with E-state index in [9.17, 15) is 0 Å². The van der Waals surface area contributed by atoms with Crippen LogP contribution in [0, 0.1) is 0 Å². The maximum absolute atomic E-state index is 4.47. The van der Waals surface area contributed by atoms with Gasteiger partial charge in [0.1, 0.15) is 17.5 Å². The van der Waals surface area contributed by atoms with Crippen LogP contribution in [0.3, 0.4) is 0 Å². The summed E-state index contributed by atoms with van der Waals surface area (Å²) in [4.78, 5) is 13.0. The van der Waals surface area contributed by atoms with Crippen molar-refractivity contribution in [1.29, 1.82) is 0 Å². The highest BCUT2D eigenvalue weighted by Gasteiger charge is 2.18. The van der Waals surface area contributed by atoms with Crippen molar-refractivity contribution in [1.82, 2.24) is 28.7 Å². The molecule has 0 saturated heterocycles. The summed E-state index contributed by atoms with van der Waals surface area (Å²) in [5.74, 6) is 3.33. The third-order valence-corrected chi connectivity index (χ3v) is 6.87. The Balaban J connectivity index is 0.0000000919. The second-order valence-electron chi connectivity index (χ2n) is 9.03. The van der Waals surface area contributed by atoms with Crippen molar-refractivity contribution in [3.8, 4) is 17.1 Å². The average Bonchev–Trinajstić information content (AvgIpc) is 3.73. The molecule has 6 nitrogen and oxygen atoms in total. The molecule has 3 aliphatic heterocycles. The van der Waals surface area contributed by atoms with Crippen LogP contribution in [-0.4, -0.2) is 28.7 Å². The van der Waals surface area contributed by atoms with Crippen LogP contribution in [0.25, 0.3) is 34.2 Å². The quantitative estimate of drug-likeness (QED) is 0.285. The zero-order valence-electron chi connectivity index (χ0n) is 19.7. The third kappa shape index (κ3) is 3.46. The molecule has 3 aliphatic rings. The molecule has 9 rings (SSSR count). The molecule has 0 bridgehead atoms. The van der Waals surface area contributed by atoms with Crippen molar-refractivity contribution in [2.24, 2.45) is 0 Å². The van der Waals surface area contributed by atoms with Crippen molar-refractivity contribution >= 4 is 17.1 Å². The van der Waals surface area contributed by atoms with Crippen LogP contribution in [0.2, 0.25) is 0 Å². The van der Waals surface area contributed by atoms with Crippen molar-refractivity contribution in [2.75, 3.05) is 0 Å². The number of aromatic nitrogens is 6. The van der Waals surface area contributed by atoms with E-state index in [4.69, 9.17) is 0 Å². The maximum atomic E-state index is 4.47. The minimum Gasteiger partial charge on any atom is -0.327 e. The van der Waals surface area contributed by atoms with Crippen molar-refractivity contribution in [3.63, 3.8) is 0 Å². The Morgan fingerprint density at radius 2 is 1.56 bits per heavy atom. The molecule has 6 aromatic rings. The molecule has 174 valence electrons. The van der Waals surface area contributed by atoms with Crippen LogP contribution in [0.5, 0.6) is 0 Å². The lowest BCUT2D eigenvalue weighted by Gasteiger charge is -1.98. The number of nitrogens with zero attached hydrogens (tertiary/aromatic N) is 6. The number of hydrogen-bond donors (Lipinski definition) is 0. The summed E-state index contributed by atoms with van der Waals surface area (Å²) >= 11 is 0. The summed E-state index contributed by atoms with van der Waals surface area (Å²) in [6.07, 6.45) is 12.9. The standard InChI is InChI=1S/3C10H8N2/c1-2-5-9-8(4-1)11-10-6-3-7-12(9)10;1-2-4-9-8(3-1)7-12-6-5-11-10(9)12;1-2-4-9-8(3-1)7-10-11-5-6-12(9)10/h3*1-6H,7H2. The Hall–Kier alpha value is -4.71. The molecule has 0 unspecified atom stereocenters. The van der Waals surface area contributed by atoms with Crippen LogP contribution in [0.1, 0.15) is 22.8 Å². The van der Waals surface area contributed by atoms with Gasteiger partial charge in [-0.2, -0.15) is 0 Å². The lowest BCUT2D eigenvalue weighted by Crippen LogP contribution is -1.90. The minimum atomic E-state index is 0.968. The SMILES string of the molecule is C1=Cc2nc3ccccc3n2C1.c1ccc2c(c1)Cc1nccn1-2.c1ccc2c(c1)Cn1ccnc1-2. The molecule has 0 aliphatic carbocycles. The lowest BCUT2D eigenvalue weighted by atomic mass is 10.1. The van der Waals surface area contributed by atoms with Gasteiger partial charge in [0.2, 0.25) is 0 Å². The van der Waals surface area contributed by atoms with E-state index >= 15 is 0 Å². The second-order valence-corrected chi connectivity index (χ2v) is 9.03. The summed E-state index contributed by atoms with van der Waals surface area (Å²) in [6, 6.07) is 25.1. The monoisotopic (exact) mass is 468 g/mol. The Labute approximate surface area is 208 Å². The fourth-order valence-corrected chi connectivity index (χ4v) is 5.17. The number of imidazole rings is 3. The molecule has 0 atom stereocenters. The van der Waals surface area contributed by atoms with E-state index in [2.05, 4.69) is 108 Å². The van der Waals surface area contributed by atoms with Gasteiger partial charge in [0.15, 0.2) is 0 Å². The lowest BCUT2D eigenvalue weighted by molar-refractivity contribution is 0.848. The number of benzene rings is 3. The van der Waals surface area contributed by atoms with Crippen LogP contribution in [-0.2, 0) is 19.5 Å². The first-order valence-corrected chi connectivity index (χ1v) is 12.2. The molecule has 6 heteroatoms. The zero-order valence-corrected chi connectivity index (χ0v) is 19.7. The molecule has 0 amide bonds. The van der Waals surface area contributed by atoms with Gasteiger partial charge in [-0.1, -0.05) is 60.7 Å². The summed E-state index contributed by atoms with van der Waals surface area (Å²) in [5, 5.41) is 0. The molecule has 36 heavy (non-hydrogen) atoms. The number of allylic oxidation sites excluding steroid dienone is 1. The zero-order chi connectivity index (χ0) is 23.9. The van der Waals surface area contributed by atoms with Crippen LogP contribution in [0.15, 0.2) is 104 Å². The number of hydrogen-bond acceptors (Lipinski definition) is 3. The molecular formula is C30H24N6.